The second-order valence-corrected chi connectivity index (χ2v) is 7.81. The fourth-order valence-electron chi connectivity index (χ4n) is 2.68. The zero-order chi connectivity index (χ0) is 17.9. The van der Waals surface area contributed by atoms with Crippen molar-refractivity contribution in [3.05, 3.63) is 54.0 Å². The number of carbonyl (C=O) groups excluding carboxylic acids is 1. The lowest BCUT2D eigenvalue weighted by atomic mass is 10.2. The van der Waals surface area contributed by atoms with Gasteiger partial charge in [-0.05, 0) is 18.2 Å². The average Bonchev–Trinajstić information content (AvgIpc) is 3.08. The van der Waals surface area contributed by atoms with Crippen LogP contribution in [0.4, 0.5) is 0 Å². The van der Waals surface area contributed by atoms with Crippen molar-refractivity contribution in [2.24, 2.45) is 0 Å². The van der Waals surface area contributed by atoms with Gasteiger partial charge in [0.2, 0.25) is 10.0 Å². The Balaban J connectivity index is 1.63. The number of nitrogens with zero attached hydrogens (tertiary/aromatic N) is 2. The maximum absolute atomic E-state index is 12.7. The third-order valence-corrected chi connectivity index (χ3v) is 5.38. The zero-order valence-electron chi connectivity index (χ0n) is 13.9. The number of sulfonamides is 1. The SMILES string of the molecule is CS(=O)(=O)N1CCN(C(=O)c2occc2COc2ccccc2)CC1. The summed E-state index contributed by atoms with van der Waals surface area (Å²) in [6.07, 6.45) is 2.64. The quantitative estimate of drug-likeness (QED) is 0.805. The minimum absolute atomic E-state index is 0.227. The average molecular weight is 364 g/mol. The summed E-state index contributed by atoms with van der Waals surface area (Å²) >= 11 is 0. The van der Waals surface area contributed by atoms with Crippen LogP contribution < -0.4 is 4.74 Å². The van der Waals surface area contributed by atoms with E-state index >= 15 is 0 Å². The largest absolute Gasteiger partial charge is 0.489 e. The summed E-state index contributed by atoms with van der Waals surface area (Å²) in [6.45, 7) is 1.49. The van der Waals surface area contributed by atoms with Gasteiger partial charge in [-0.3, -0.25) is 4.79 Å². The zero-order valence-corrected chi connectivity index (χ0v) is 14.7. The molecule has 0 atom stereocenters. The fourth-order valence-corrected chi connectivity index (χ4v) is 3.51. The summed E-state index contributed by atoms with van der Waals surface area (Å²) in [6, 6.07) is 11.0. The van der Waals surface area contributed by atoms with E-state index in [9.17, 15) is 13.2 Å². The van der Waals surface area contributed by atoms with Crippen molar-refractivity contribution < 1.29 is 22.4 Å². The standard InChI is InChI=1S/C17H20N2O5S/c1-25(21,22)19-10-8-18(9-11-19)17(20)16-14(7-12-23-16)13-24-15-5-3-2-4-6-15/h2-7,12H,8-11,13H2,1H3. The van der Waals surface area contributed by atoms with Crippen LogP contribution >= 0.6 is 0 Å². The van der Waals surface area contributed by atoms with E-state index in [-0.39, 0.29) is 18.3 Å². The lowest BCUT2D eigenvalue weighted by Gasteiger charge is -2.32. The second-order valence-electron chi connectivity index (χ2n) is 5.83. The lowest BCUT2D eigenvalue weighted by Crippen LogP contribution is -2.50. The highest BCUT2D eigenvalue weighted by Gasteiger charge is 2.29. The van der Waals surface area contributed by atoms with Gasteiger partial charge in [0, 0.05) is 31.7 Å². The molecule has 0 N–H and O–H groups in total. The Kier molecular flexibility index (Phi) is 5.10. The molecule has 0 radical (unpaired) electrons. The summed E-state index contributed by atoms with van der Waals surface area (Å²) in [5.74, 6) is 0.706. The second kappa shape index (κ2) is 7.28. The summed E-state index contributed by atoms with van der Waals surface area (Å²) in [4.78, 5) is 14.3. The van der Waals surface area contributed by atoms with Crippen LogP contribution in [0, 0.1) is 0 Å². The first-order valence-corrected chi connectivity index (χ1v) is 9.78. The Labute approximate surface area is 146 Å². The van der Waals surface area contributed by atoms with Crippen molar-refractivity contribution in [1.29, 1.82) is 0 Å². The van der Waals surface area contributed by atoms with Crippen LogP contribution in [0.2, 0.25) is 0 Å². The first-order chi connectivity index (χ1) is 11.9. The number of carbonyl (C=O) groups is 1. The topological polar surface area (TPSA) is 80.1 Å². The number of hydrogen-bond acceptors (Lipinski definition) is 5. The van der Waals surface area contributed by atoms with E-state index in [0.29, 0.717) is 37.5 Å². The van der Waals surface area contributed by atoms with Crippen molar-refractivity contribution in [2.45, 2.75) is 6.61 Å². The molecule has 0 saturated carbocycles. The third-order valence-electron chi connectivity index (χ3n) is 4.07. The molecule has 134 valence electrons. The molecule has 25 heavy (non-hydrogen) atoms. The number of piperazine rings is 1. The molecule has 1 amide bonds. The predicted octanol–water partition coefficient (Wildman–Crippen LogP) is 1.58. The van der Waals surface area contributed by atoms with Crippen LogP contribution in [-0.4, -0.2) is 56.0 Å². The van der Waals surface area contributed by atoms with Gasteiger partial charge in [-0.25, -0.2) is 8.42 Å². The van der Waals surface area contributed by atoms with E-state index in [0.717, 1.165) is 0 Å². The summed E-state index contributed by atoms with van der Waals surface area (Å²) in [5, 5.41) is 0. The van der Waals surface area contributed by atoms with E-state index in [1.807, 2.05) is 30.3 Å². The van der Waals surface area contributed by atoms with Gasteiger partial charge in [-0.2, -0.15) is 4.31 Å². The summed E-state index contributed by atoms with van der Waals surface area (Å²) in [5.41, 5.74) is 0.666. The number of furan rings is 1. The molecule has 1 aliphatic rings. The molecule has 1 saturated heterocycles. The van der Waals surface area contributed by atoms with Crippen LogP contribution in [0.15, 0.2) is 47.1 Å². The van der Waals surface area contributed by atoms with Crippen LogP contribution in [0.1, 0.15) is 16.1 Å². The third kappa shape index (κ3) is 4.21. The van der Waals surface area contributed by atoms with Crippen LogP contribution in [0.3, 0.4) is 0 Å². The lowest BCUT2D eigenvalue weighted by molar-refractivity contribution is 0.0662. The minimum atomic E-state index is -3.22. The Morgan fingerprint density at radius 2 is 1.80 bits per heavy atom. The Hall–Kier alpha value is -2.32. The van der Waals surface area contributed by atoms with Gasteiger partial charge in [-0.1, -0.05) is 18.2 Å². The first kappa shape index (κ1) is 17.5. The van der Waals surface area contributed by atoms with Gasteiger partial charge >= 0.3 is 0 Å². The molecule has 1 aliphatic heterocycles. The van der Waals surface area contributed by atoms with Crippen LogP contribution in [0.25, 0.3) is 0 Å². The predicted molar refractivity (Wildman–Crippen MR) is 91.8 cm³/mol. The fraction of sp³-hybridized carbons (Fsp3) is 0.353. The van der Waals surface area contributed by atoms with Crippen molar-refractivity contribution in [2.75, 3.05) is 32.4 Å². The number of rotatable bonds is 5. The molecule has 0 aliphatic carbocycles. The van der Waals surface area contributed by atoms with E-state index < -0.39 is 10.0 Å². The molecule has 1 aromatic heterocycles. The monoisotopic (exact) mass is 364 g/mol. The summed E-state index contributed by atoms with van der Waals surface area (Å²) in [7, 11) is -3.22. The van der Waals surface area contributed by atoms with Crippen molar-refractivity contribution in [1.82, 2.24) is 9.21 Å². The van der Waals surface area contributed by atoms with E-state index in [2.05, 4.69) is 0 Å². The van der Waals surface area contributed by atoms with E-state index in [4.69, 9.17) is 9.15 Å². The van der Waals surface area contributed by atoms with Crippen LogP contribution in [-0.2, 0) is 16.6 Å². The first-order valence-electron chi connectivity index (χ1n) is 7.94. The van der Waals surface area contributed by atoms with Crippen molar-refractivity contribution in [3.8, 4) is 5.75 Å². The molecule has 0 bridgehead atoms. The van der Waals surface area contributed by atoms with E-state index in [1.54, 1.807) is 11.0 Å². The van der Waals surface area contributed by atoms with Gasteiger partial charge in [0.05, 0.1) is 12.5 Å². The van der Waals surface area contributed by atoms with Gasteiger partial charge in [0.15, 0.2) is 5.76 Å². The number of hydrogen-bond donors (Lipinski definition) is 0. The molecule has 0 spiro atoms. The number of amides is 1. The van der Waals surface area contributed by atoms with Gasteiger partial charge in [-0.15, -0.1) is 0 Å². The normalized spacial score (nSPS) is 16.0. The maximum Gasteiger partial charge on any atom is 0.290 e. The smallest absolute Gasteiger partial charge is 0.290 e. The molecule has 7 nitrogen and oxygen atoms in total. The molecular weight excluding hydrogens is 344 g/mol. The number of benzene rings is 1. The minimum Gasteiger partial charge on any atom is -0.489 e. The highest BCUT2D eigenvalue weighted by Crippen LogP contribution is 2.18. The maximum atomic E-state index is 12.7. The molecule has 0 unspecified atom stereocenters. The highest BCUT2D eigenvalue weighted by molar-refractivity contribution is 7.88. The van der Waals surface area contributed by atoms with Gasteiger partial charge < -0.3 is 14.1 Å². The van der Waals surface area contributed by atoms with Crippen molar-refractivity contribution in [3.63, 3.8) is 0 Å². The Bertz CT molecular complexity index is 824. The number of para-hydroxylation sites is 1. The van der Waals surface area contributed by atoms with E-state index in [1.165, 1.54) is 16.8 Å². The highest BCUT2D eigenvalue weighted by atomic mass is 32.2. The number of ether oxygens (including phenoxy) is 1. The molecule has 1 aromatic carbocycles. The molecule has 1 fully saturated rings. The molecule has 2 heterocycles. The summed E-state index contributed by atoms with van der Waals surface area (Å²) < 4.78 is 35.5. The van der Waals surface area contributed by atoms with Crippen molar-refractivity contribution >= 4 is 15.9 Å². The van der Waals surface area contributed by atoms with Crippen LogP contribution in [0.5, 0.6) is 5.75 Å². The van der Waals surface area contributed by atoms with Gasteiger partial charge in [0.1, 0.15) is 12.4 Å². The van der Waals surface area contributed by atoms with Gasteiger partial charge in [0.25, 0.3) is 5.91 Å². The molecule has 2 aromatic rings. The Morgan fingerprint density at radius 1 is 1.12 bits per heavy atom. The molecular formula is C17H20N2O5S. The Morgan fingerprint density at radius 3 is 2.44 bits per heavy atom. The molecule has 8 heteroatoms. The molecule has 3 rings (SSSR count).